The molecule has 1 aliphatic heterocycles. The molecule has 0 aromatic carbocycles. The SMILES string of the molecule is CNCC1CCN(C(=O)c2sccc2Br)CC1.Cl. The highest BCUT2D eigenvalue weighted by Gasteiger charge is 2.24. The number of nitrogens with zero attached hydrogens (tertiary/aromatic N) is 1. The van der Waals surface area contributed by atoms with Gasteiger partial charge in [0.15, 0.2) is 0 Å². The molecule has 0 bridgehead atoms. The minimum atomic E-state index is 0. The zero-order valence-corrected chi connectivity index (χ0v) is 13.5. The Kier molecular flexibility index (Phi) is 6.63. The van der Waals surface area contributed by atoms with Crippen LogP contribution in [0, 0.1) is 5.92 Å². The molecule has 0 spiro atoms. The van der Waals surface area contributed by atoms with Gasteiger partial charge in [-0.1, -0.05) is 0 Å². The zero-order chi connectivity index (χ0) is 12.3. The largest absolute Gasteiger partial charge is 0.338 e. The third-order valence-electron chi connectivity index (χ3n) is 3.21. The van der Waals surface area contributed by atoms with E-state index in [-0.39, 0.29) is 18.3 Å². The number of hydrogen-bond acceptors (Lipinski definition) is 3. The van der Waals surface area contributed by atoms with E-state index in [0.717, 1.165) is 47.7 Å². The molecular formula is C12H18BrClN2OS. The lowest BCUT2D eigenvalue weighted by atomic mass is 9.97. The van der Waals surface area contributed by atoms with Crippen LogP contribution in [-0.2, 0) is 0 Å². The highest BCUT2D eigenvalue weighted by molar-refractivity contribution is 9.10. The lowest BCUT2D eigenvalue weighted by molar-refractivity contribution is 0.0695. The van der Waals surface area contributed by atoms with Gasteiger partial charge in [0.25, 0.3) is 5.91 Å². The standard InChI is InChI=1S/C12H17BrN2OS.ClH/c1-14-8-9-2-5-15(6-3-9)12(16)11-10(13)4-7-17-11;/h4,7,9,14H,2-3,5-6,8H2,1H3;1H. The maximum Gasteiger partial charge on any atom is 0.265 e. The molecule has 6 heteroatoms. The number of halogens is 2. The van der Waals surface area contributed by atoms with Crippen LogP contribution in [0.5, 0.6) is 0 Å². The van der Waals surface area contributed by atoms with E-state index in [4.69, 9.17) is 0 Å². The number of likely N-dealkylation sites (tertiary alicyclic amines) is 1. The van der Waals surface area contributed by atoms with Gasteiger partial charge in [0.1, 0.15) is 4.88 Å². The van der Waals surface area contributed by atoms with Crippen LogP contribution in [0.2, 0.25) is 0 Å². The maximum atomic E-state index is 12.2. The lowest BCUT2D eigenvalue weighted by Crippen LogP contribution is -2.40. The fraction of sp³-hybridized carbons (Fsp3) is 0.583. The number of piperidine rings is 1. The Morgan fingerprint density at radius 3 is 2.72 bits per heavy atom. The molecule has 102 valence electrons. The van der Waals surface area contributed by atoms with E-state index in [1.54, 1.807) is 0 Å². The summed E-state index contributed by atoms with van der Waals surface area (Å²) in [5.74, 6) is 0.894. The van der Waals surface area contributed by atoms with Gasteiger partial charge in [-0.15, -0.1) is 23.7 Å². The third kappa shape index (κ3) is 3.70. The molecular weight excluding hydrogens is 336 g/mol. The van der Waals surface area contributed by atoms with E-state index in [1.807, 2.05) is 23.4 Å². The molecule has 1 aromatic rings. The first kappa shape index (κ1) is 16.0. The highest BCUT2D eigenvalue weighted by atomic mass is 79.9. The second-order valence-electron chi connectivity index (χ2n) is 4.39. The number of thiophene rings is 1. The molecule has 3 nitrogen and oxygen atoms in total. The summed E-state index contributed by atoms with van der Waals surface area (Å²) in [5.41, 5.74) is 0. The van der Waals surface area contributed by atoms with Gasteiger partial charge in [-0.3, -0.25) is 4.79 Å². The lowest BCUT2D eigenvalue weighted by Gasteiger charge is -2.31. The smallest absolute Gasteiger partial charge is 0.265 e. The van der Waals surface area contributed by atoms with Gasteiger partial charge in [0.2, 0.25) is 0 Å². The van der Waals surface area contributed by atoms with Crippen LogP contribution in [0.15, 0.2) is 15.9 Å². The fourth-order valence-electron chi connectivity index (χ4n) is 2.22. The average Bonchev–Trinajstić information content (AvgIpc) is 2.76. The molecule has 0 saturated carbocycles. The van der Waals surface area contributed by atoms with Crippen molar-refractivity contribution in [2.45, 2.75) is 12.8 Å². The summed E-state index contributed by atoms with van der Waals surface area (Å²) in [7, 11) is 1.99. The Balaban J connectivity index is 0.00000162. The number of carbonyl (C=O) groups is 1. The monoisotopic (exact) mass is 352 g/mol. The third-order valence-corrected chi connectivity index (χ3v) is 5.03. The van der Waals surface area contributed by atoms with Crippen molar-refractivity contribution < 1.29 is 4.79 Å². The van der Waals surface area contributed by atoms with Crippen molar-refractivity contribution in [2.75, 3.05) is 26.7 Å². The molecule has 1 N–H and O–H groups in total. The summed E-state index contributed by atoms with van der Waals surface area (Å²) < 4.78 is 0.921. The predicted octanol–water partition coefficient (Wildman–Crippen LogP) is 3.00. The molecule has 2 heterocycles. The summed E-state index contributed by atoms with van der Waals surface area (Å²) in [6, 6.07) is 1.94. The first-order chi connectivity index (χ1) is 8.22. The Bertz CT molecular complexity index is 391. The number of nitrogens with one attached hydrogen (secondary N) is 1. The first-order valence-electron chi connectivity index (χ1n) is 5.89. The van der Waals surface area contributed by atoms with Crippen LogP contribution in [0.1, 0.15) is 22.5 Å². The number of amides is 1. The quantitative estimate of drug-likeness (QED) is 0.906. The molecule has 1 aromatic heterocycles. The normalized spacial score (nSPS) is 16.4. The summed E-state index contributed by atoms with van der Waals surface area (Å²) in [6.07, 6.45) is 2.21. The molecule has 0 unspecified atom stereocenters. The van der Waals surface area contributed by atoms with Gasteiger partial charge < -0.3 is 10.2 Å². The fourth-order valence-corrected chi connectivity index (χ4v) is 3.73. The maximum absolute atomic E-state index is 12.2. The molecule has 0 atom stereocenters. The molecule has 0 aliphatic carbocycles. The molecule has 18 heavy (non-hydrogen) atoms. The van der Waals surface area contributed by atoms with Crippen molar-refractivity contribution in [3.05, 3.63) is 20.8 Å². The van der Waals surface area contributed by atoms with Gasteiger partial charge in [0.05, 0.1) is 0 Å². The average molecular weight is 354 g/mol. The van der Waals surface area contributed by atoms with Crippen LogP contribution < -0.4 is 5.32 Å². The molecule has 1 fully saturated rings. The summed E-state index contributed by atoms with van der Waals surface area (Å²) >= 11 is 4.94. The van der Waals surface area contributed by atoms with Crippen molar-refractivity contribution in [3.63, 3.8) is 0 Å². The molecule has 1 amide bonds. The molecule has 1 aliphatic rings. The van der Waals surface area contributed by atoms with Crippen LogP contribution in [0.4, 0.5) is 0 Å². The minimum Gasteiger partial charge on any atom is -0.338 e. The van der Waals surface area contributed by atoms with E-state index in [9.17, 15) is 4.79 Å². The summed E-state index contributed by atoms with van der Waals surface area (Å²) in [4.78, 5) is 15.0. The first-order valence-corrected chi connectivity index (χ1v) is 7.56. The molecule has 2 rings (SSSR count). The van der Waals surface area contributed by atoms with E-state index in [2.05, 4.69) is 21.2 Å². The van der Waals surface area contributed by atoms with Gasteiger partial charge in [-0.25, -0.2) is 0 Å². The second kappa shape index (κ2) is 7.48. The van der Waals surface area contributed by atoms with Gasteiger partial charge in [-0.05, 0) is 59.7 Å². The van der Waals surface area contributed by atoms with Crippen LogP contribution >= 0.6 is 39.7 Å². The second-order valence-corrected chi connectivity index (χ2v) is 6.16. The Labute approximate surface area is 126 Å². The summed E-state index contributed by atoms with van der Waals surface area (Å²) in [6.45, 7) is 2.83. The van der Waals surface area contributed by atoms with E-state index >= 15 is 0 Å². The van der Waals surface area contributed by atoms with Crippen molar-refractivity contribution in [3.8, 4) is 0 Å². The summed E-state index contributed by atoms with van der Waals surface area (Å²) in [5, 5.41) is 5.16. The molecule has 0 radical (unpaired) electrons. The Hall–Kier alpha value is -0.100. The van der Waals surface area contributed by atoms with Crippen molar-refractivity contribution in [1.82, 2.24) is 10.2 Å². The Morgan fingerprint density at radius 1 is 1.56 bits per heavy atom. The number of rotatable bonds is 3. The van der Waals surface area contributed by atoms with Crippen LogP contribution in [0.25, 0.3) is 0 Å². The zero-order valence-electron chi connectivity index (χ0n) is 10.3. The molecule has 1 saturated heterocycles. The Morgan fingerprint density at radius 2 is 2.22 bits per heavy atom. The van der Waals surface area contributed by atoms with E-state index in [1.165, 1.54) is 11.3 Å². The number of hydrogen-bond donors (Lipinski definition) is 1. The van der Waals surface area contributed by atoms with Crippen LogP contribution in [0.3, 0.4) is 0 Å². The predicted molar refractivity (Wildman–Crippen MR) is 81.8 cm³/mol. The van der Waals surface area contributed by atoms with Crippen molar-refractivity contribution >= 4 is 45.6 Å². The van der Waals surface area contributed by atoms with Crippen LogP contribution in [-0.4, -0.2) is 37.5 Å². The van der Waals surface area contributed by atoms with Crippen molar-refractivity contribution in [2.24, 2.45) is 5.92 Å². The van der Waals surface area contributed by atoms with Gasteiger partial charge in [-0.2, -0.15) is 0 Å². The van der Waals surface area contributed by atoms with E-state index in [0.29, 0.717) is 0 Å². The minimum absolute atomic E-state index is 0. The highest BCUT2D eigenvalue weighted by Crippen LogP contribution is 2.26. The van der Waals surface area contributed by atoms with Gasteiger partial charge >= 0.3 is 0 Å². The topological polar surface area (TPSA) is 32.3 Å². The van der Waals surface area contributed by atoms with Gasteiger partial charge in [0, 0.05) is 17.6 Å². The number of carbonyl (C=O) groups excluding carboxylic acids is 1. The van der Waals surface area contributed by atoms with Crippen molar-refractivity contribution in [1.29, 1.82) is 0 Å². The van der Waals surface area contributed by atoms with E-state index < -0.39 is 0 Å².